The average Bonchev–Trinajstić information content (AvgIpc) is 2.29. The Morgan fingerprint density at radius 2 is 2.38 bits per heavy atom. The molecular weight excluding hydrogens is 270 g/mol. The van der Waals surface area contributed by atoms with E-state index in [1.54, 1.807) is 6.92 Å². The largest absolute Gasteiger partial charge is 0.388 e. The number of nitrogens with one attached hydrogen (secondary N) is 2. The summed E-state index contributed by atoms with van der Waals surface area (Å²) in [5.41, 5.74) is 0. The van der Waals surface area contributed by atoms with Gasteiger partial charge >= 0.3 is 0 Å². The van der Waals surface area contributed by atoms with E-state index >= 15 is 0 Å². The van der Waals surface area contributed by atoms with Crippen LogP contribution in [0.5, 0.6) is 0 Å². The second-order valence-electron chi connectivity index (χ2n) is 4.12. The van der Waals surface area contributed by atoms with Crippen molar-refractivity contribution in [2.24, 2.45) is 5.92 Å². The molecule has 0 radical (unpaired) electrons. The lowest BCUT2D eigenvalue weighted by Crippen LogP contribution is -2.41. The van der Waals surface area contributed by atoms with E-state index < -0.39 is 0 Å². The molecule has 1 rings (SSSR count). The van der Waals surface area contributed by atoms with Crippen molar-refractivity contribution in [1.82, 2.24) is 15.5 Å². The van der Waals surface area contributed by atoms with E-state index in [-0.39, 0.29) is 5.91 Å². The van der Waals surface area contributed by atoms with Gasteiger partial charge in [-0.2, -0.15) is 0 Å². The number of carbonyl (C=O) groups excluding carboxylic acids is 1. The molecule has 0 aromatic rings. The third-order valence-electron chi connectivity index (χ3n) is 2.84. The van der Waals surface area contributed by atoms with Gasteiger partial charge in [0.15, 0.2) is 0 Å². The maximum Gasteiger partial charge on any atom is 0.219 e. The number of hydrogen-bond donors (Lipinski definition) is 2. The number of halogens is 1. The van der Waals surface area contributed by atoms with Crippen molar-refractivity contribution >= 4 is 21.8 Å². The lowest BCUT2D eigenvalue weighted by Gasteiger charge is -2.32. The zero-order chi connectivity index (χ0) is 12.0. The fourth-order valence-corrected chi connectivity index (χ4v) is 2.07. The first-order valence-corrected chi connectivity index (χ1v) is 6.45. The van der Waals surface area contributed by atoms with Gasteiger partial charge in [0, 0.05) is 39.8 Å². The maximum atomic E-state index is 11.2. The first-order chi connectivity index (χ1) is 7.63. The number of carbonyl (C=O) groups is 1. The van der Waals surface area contributed by atoms with Gasteiger partial charge in [0.25, 0.3) is 0 Å². The minimum absolute atomic E-state index is 0.191. The lowest BCUT2D eigenvalue weighted by atomic mass is 9.98. The molecule has 1 aliphatic heterocycles. The molecule has 0 spiro atoms. The Morgan fingerprint density at radius 3 is 3.00 bits per heavy atom. The monoisotopic (exact) mass is 289 g/mol. The highest BCUT2D eigenvalue weighted by Crippen LogP contribution is 2.15. The highest BCUT2D eigenvalue weighted by atomic mass is 79.9. The van der Waals surface area contributed by atoms with Crippen LogP contribution in [-0.4, -0.2) is 37.5 Å². The quantitative estimate of drug-likeness (QED) is 0.766. The summed E-state index contributed by atoms with van der Waals surface area (Å²) in [4.78, 5) is 13.2. The molecule has 1 atom stereocenters. The van der Waals surface area contributed by atoms with E-state index in [0.29, 0.717) is 5.92 Å². The Bertz CT molecular complexity index is 268. The minimum atomic E-state index is 0.191. The molecule has 16 heavy (non-hydrogen) atoms. The van der Waals surface area contributed by atoms with Crippen LogP contribution in [0.2, 0.25) is 0 Å². The summed E-state index contributed by atoms with van der Waals surface area (Å²) < 4.78 is 0.937. The van der Waals surface area contributed by atoms with Crippen molar-refractivity contribution in [3.8, 4) is 0 Å². The molecular formula is C11H20BrN3O. The summed E-state index contributed by atoms with van der Waals surface area (Å²) in [6.45, 7) is 4.36. The molecule has 0 bridgehead atoms. The number of amides is 1. The van der Waals surface area contributed by atoms with E-state index in [0.717, 1.165) is 30.7 Å². The van der Waals surface area contributed by atoms with Crippen LogP contribution in [0.4, 0.5) is 0 Å². The topological polar surface area (TPSA) is 44.4 Å². The van der Waals surface area contributed by atoms with Crippen LogP contribution in [0.15, 0.2) is 10.8 Å². The highest BCUT2D eigenvalue weighted by Gasteiger charge is 2.20. The number of hydrogen-bond acceptors (Lipinski definition) is 3. The third kappa shape index (κ3) is 4.43. The van der Waals surface area contributed by atoms with Crippen LogP contribution in [0.1, 0.15) is 19.8 Å². The molecule has 1 fully saturated rings. The fraction of sp³-hybridized carbons (Fsp3) is 0.727. The second-order valence-corrected chi connectivity index (χ2v) is 4.98. The van der Waals surface area contributed by atoms with Crippen molar-refractivity contribution in [1.29, 1.82) is 0 Å². The first-order valence-electron chi connectivity index (χ1n) is 5.65. The van der Waals surface area contributed by atoms with Crippen LogP contribution < -0.4 is 10.6 Å². The summed E-state index contributed by atoms with van der Waals surface area (Å²) in [5, 5.41) is 6.24. The minimum Gasteiger partial charge on any atom is -0.388 e. The van der Waals surface area contributed by atoms with E-state index in [4.69, 9.17) is 0 Å². The molecule has 2 N–H and O–H groups in total. The maximum absolute atomic E-state index is 11.2. The van der Waals surface area contributed by atoms with Crippen molar-refractivity contribution < 1.29 is 4.79 Å². The molecule has 1 aliphatic rings. The summed E-state index contributed by atoms with van der Waals surface area (Å²) in [5.74, 6) is 0.753. The summed E-state index contributed by atoms with van der Waals surface area (Å²) in [6, 6.07) is 0. The molecule has 92 valence electrons. The molecule has 1 saturated heterocycles. The van der Waals surface area contributed by atoms with Gasteiger partial charge in [0.1, 0.15) is 0 Å². The average molecular weight is 290 g/mol. The molecule has 1 amide bonds. The predicted octanol–water partition coefficient (Wildman–Crippen LogP) is 1.25. The van der Waals surface area contributed by atoms with E-state index in [2.05, 4.69) is 26.6 Å². The van der Waals surface area contributed by atoms with Gasteiger partial charge in [-0.1, -0.05) is 0 Å². The van der Waals surface area contributed by atoms with Crippen molar-refractivity contribution in [2.75, 3.05) is 26.7 Å². The van der Waals surface area contributed by atoms with E-state index in [1.807, 2.05) is 18.1 Å². The smallest absolute Gasteiger partial charge is 0.219 e. The van der Waals surface area contributed by atoms with Gasteiger partial charge in [0.2, 0.25) is 5.91 Å². The van der Waals surface area contributed by atoms with Gasteiger partial charge in [0.05, 0.1) is 4.61 Å². The van der Waals surface area contributed by atoms with Crippen LogP contribution in [0.3, 0.4) is 0 Å². The Hall–Kier alpha value is -0.710. The predicted molar refractivity (Wildman–Crippen MR) is 69.1 cm³/mol. The normalized spacial score (nSPS) is 21.8. The zero-order valence-corrected chi connectivity index (χ0v) is 11.5. The lowest BCUT2D eigenvalue weighted by molar-refractivity contribution is -0.130. The van der Waals surface area contributed by atoms with Gasteiger partial charge < -0.3 is 15.5 Å². The molecule has 0 saturated carbocycles. The standard InChI is InChI=1S/C11H20BrN3O/c1-9(16)15-5-3-4-10(8-15)6-14-7-11(12)13-2/h7,10,13-14H,3-6,8H2,1-2H3/b11-7-. The molecule has 1 heterocycles. The number of likely N-dealkylation sites (tertiary alicyclic amines) is 1. The van der Waals surface area contributed by atoms with Gasteiger partial charge in [-0.3, -0.25) is 4.79 Å². The van der Waals surface area contributed by atoms with Crippen LogP contribution in [0.25, 0.3) is 0 Å². The summed E-state index contributed by atoms with van der Waals surface area (Å²) in [6.07, 6.45) is 4.22. The Labute approximate surface area is 106 Å². The highest BCUT2D eigenvalue weighted by molar-refractivity contribution is 9.11. The summed E-state index contributed by atoms with van der Waals surface area (Å²) >= 11 is 3.36. The molecule has 5 heteroatoms. The van der Waals surface area contributed by atoms with E-state index in [9.17, 15) is 4.79 Å². The van der Waals surface area contributed by atoms with Crippen LogP contribution in [0, 0.1) is 5.92 Å². The molecule has 0 aromatic carbocycles. The fourth-order valence-electron chi connectivity index (χ4n) is 1.91. The molecule has 1 unspecified atom stereocenters. The van der Waals surface area contributed by atoms with Crippen molar-refractivity contribution in [3.05, 3.63) is 10.8 Å². The number of piperidine rings is 1. The third-order valence-corrected chi connectivity index (χ3v) is 3.46. The number of rotatable bonds is 4. The second kappa shape index (κ2) is 6.78. The van der Waals surface area contributed by atoms with Crippen LogP contribution in [-0.2, 0) is 4.79 Å². The Balaban J connectivity index is 2.29. The Morgan fingerprint density at radius 1 is 1.62 bits per heavy atom. The number of nitrogens with zero attached hydrogens (tertiary/aromatic N) is 1. The van der Waals surface area contributed by atoms with Gasteiger partial charge in [-0.15, -0.1) is 0 Å². The van der Waals surface area contributed by atoms with Crippen LogP contribution >= 0.6 is 15.9 Å². The van der Waals surface area contributed by atoms with Gasteiger partial charge in [-0.25, -0.2) is 0 Å². The molecule has 0 aliphatic carbocycles. The SMILES string of the molecule is CN/C(Br)=C\NCC1CCCN(C(C)=O)C1. The Kier molecular flexibility index (Phi) is 5.66. The zero-order valence-electron chi connectivity index (χ0n) is 9.92. The van der Waals surface area contributed by atoms with Crippen molar-refractivity contribution in [2.45, 2.75) is 19.8 Å². The van der Waals surface area contributed by atoms with Gasteiger partial charge in [-0.05, 0) is 34.7 Å². The van der Waals surface area contributed by atoms with E-state index in [1.165, 1.54) is 6.42 Å². The molecule has 0 aromatic heterocycles. The van der Waals surface area contributed by atoms with Crippen molar-refractivity contribution in [3.63, 3.8) is 0 Å². The first kappa shape index (κ1) is 13.4. The summed E-state index contributed by atoms with van der Waals surface area (Å²) in [7, 11) is 1.86. The molecule has 4 nitrogen and oxygen atoms in total.